The molecule has 0 radical (unpaired) electrons. The van der Waals surface area contributed by atoms with Gasteiger partial charge in [0.25, 0.3) is 5.50 Å². The molecule has 1 aliphatic rings. The summed E-state index contributed by atoms with van der Waals surface area (Å²) >= 11 is 16.2. The highest BCUT2D eigenvalue weighted by molar-refractivity contribution is 7.80. The quantitative estimate of drug-likeness (QED) is 0.0321. The minimum absolute atomic E-state index is 0.240. The Balaban J connectivity index is 1.72. The fourth-order valence-electron chi connectivity index (χ4n) is 6.60. The van der Waals surface area contributed by atoms with E-state index in [-0.39, 0.29) is 5.50 Å². The molecule has 0 aliphatic carbocycles. The van der Waals surface area contributed by atoms with Crippen LogP contribution in [-0.2, 0) is 26.2 Å². The fraction of sp³-hybridized carbons (Fsp3) is 0.861. The van der Waals surface area contributed by atoms with Gasteiger partial charge >= 0.3 is 5.84 Å². The number of unbranched alkanes of at least 4 members (excludes halogenated alkanes) is 18. The predicted molar refractivity (Wildman–Crippen MR) is 211 cm³/mol. The minimum atomic E-state index is -0.240. The van der Waals surface area contributed by atoms with Crippen LogP contribution >= 0.6 is 37.1 Å². The molecule has 0 fully saturated rings. The lowest BCUT2D eigenvalue weighted by atomic mass is 10.1. The Morgan fingerprint density at radius 1 is 0.612 bits per heavy atom. The number of azo groups is 1. The molecule has 0 bridgehead atoms. The van der Waals surface area contributed by atoms with E-state index in [4.69, 9.17) is 47.3 Å². The van der Waals surface area contributed by atoms with Gasteiger partial charge in [-0.3, -0.25) is 15.1 Å². The highest BCUT2D eigenvalue weighted by Gasteiger charge is 2.31. The van der Waals surface area contributed by atoms with E-state index in [0.29, 0.717) is 29.2 Å². The Morgan fingerprint density at radius 2 is 1.02 bits per heavy atom. The summed E-state index contributed by atoms with van der Waals surface area (Å²) in [4.78, 5) is 2.36. The summed E-state index contributed by atoms with van der Waals surface area (Å²) in [5.41, 5.74) is -0.240. The van der Waals surface area contributed by atoms with E-state index >= 15 is 0 Å². The lowest BCUT2D eigenvalue weighted by molar-refractivity contribution is -0.536. The van der Waals surface area contributed by atoms with Crippen LogP contribution in [0.3, 0.4) is 0 Å². The third-order valence-electron chi connectivity index (χ3n) is 9.63. The second-order valence-corrected chi connectivity index (χ2v) is 15.1. The van der Waals surface area contributed by atoms with Gasteiger partial charge in [0.05, 0.1) is 24.7 Å². The number of aromatic nitrogens is 6. The SMILES string of the molecule is CCCCCCCCCn1c(CN(CC2=[N+](CCCCCCCCC)C(S)N=N2)Cc2n[nH]c(=S)n2CCCCCCCCC)n[nH]c1=S. The number of thiol groups is 1. The van der Waals surface area contributed by atoms with E-state index < -0.39 is 0 Å². The number of hydrogen-bond donors (Lipinski definition) is 3. The fourth-order valence-corrected chi connectivity index (χ4v) is 7.39. The maximum atomic E-state index is 5.71. The molecule has 1 unspecified atom stereocenters. The number of H-pyrrole nitrogens is 2. The van der Waals surface area contributed by atoms with Crippen molar-refractivity contribution in [1.29, 1.82) is 0 Å². The van der Waals surface area contributed by atoms with Crippen molar-refractivity contribution < 1.29 is 4.58 Å². The van der Waals surface area contributed by atoms with Gasteiger partial charge in [0.2, 0.25) is 0 Å². The molecular weight excluding hydrogens is 669 g/mol. The van der Waals surface area contributed by atoms with Gasteiger partial charge in [-0.25, -0.2) is 4.58 Å². The van der Waals surface area contributed by atoms with Gasteiger partial charge in [0.1, 0.15) is 18.2 Å². The molecule has 0 saturated heterocycles. The Bertz CT molecular complexity index is 1270. The van der Waals surface area contributed by atoms with Crippen LogP contribution in [0.25, 0.3) is 0 Å². The number of nitrogens with zero attached hydrogens (tertiary/aromatic N) is 8. The first kappa shape index (κ1) is 41.7. The van der Waals surface area contributed by atoms with Crippen molar-refractivity contribution in [1.82, 2.24) is 34.4 Å². The van der Waals surface area contributed by atoms with Crippen LogP contribution in [0.15, 0.2) is 10.2 Å². The van der Waals surface area contributed by atoms with Crippen molar-refractivity contribution in [2.45, 2.75) is 187 Å². The van der Waals surface area contributed by atoms with Crippen LogP contribution in [0.5, 0.6) is 0 Å². The second-order valence-electron chi connectivity index (χ2n) is 13.9. The van der Waals surface area contributed by atoms with E-state index in [2.05, 4.69) is 59.8 Å². The zero-order chi connectivity index (χ0) is 35.1. The largest absolute Gasteiger partial charge is 0.338 e. The molecule has 0 amide bonds. The molecule has 3 heterocycles. The summed E-state index contributed by atoms with van der Waals surface area (Å²) in [5.74, 6) is 2.84. The molecule has 49 heavy (non-hydrogen) atoms. The Hall–Kier alpha value is -1.70. The van der Waals surface area contributed by atoms with Crippen LogP contribution in [0, 0.1) is 9.54 Å². The highest BCUT2D eigenvalue weighted by atomic mass is 32.1. The molecule has 2 aromatic rings. The van der Waals surface area contributed by atoms with Crippen LogP contribution in [0.4, 0.5) is 0 Å². The molecule has 1 aliphatic heterocycles. The first-order chi connectivity index (χ1) is 24.0. The van der Waals surface area contributed by atoms with Crippen molar-refractivity contribution in [2.24, 2.45) is 10.2 Å². The van der Waals surface area contributed by atoms with Crippen LogP contribution in [0.1, 0.15) is 167 Å². The van der Waals surface area contributed by atoms with Crippen LogP contribution < -0.4 is 0 Å². The summed E-state index contributed by atoms with van der Waals surface area (Å²) in [7, 11) is 0. The van der Waals surface area contributed by atoms with Gasteiger partial charge in [-0.1, -0.05) is 130 Å². The standard InChI is InChI=1S/C36H66N10S3/c1-4-7-10-13-16-19-22-25-44-31(37-40-34(44)47)28-43(29-32-38-41-35(48)45(32)26-23-20-17-14-11-8-5-2)30-33-39-42-36(49)46(33)27-24-21-18-15-12-9-6-3/h34H,4-30H2,1-3H3,(H2-,41,42,47,48,49)/p+1. The maximum Gasteiger partial charge on any atom is 0.338 e. The lowest BCUT2D eigenvalue weighted by Gasteiger charge is -2.20. The van der Waals surface area contributed by atoms with E-state index in [9.17, 15) is 0 Å². The predicted octanol–water partition coefficient (Wildman–Crippen LogP) is 10.5. The zero-order valence-corrected chi connectivity index (χ0v) is 33.5. The summed E-state index contributed by atoms with van der Waals surface area (Å²) < 4.78 is 8.00. The molecule has 2 aromatic heterocycles. The summed E-state index contributed by atoms with van der Waals surface area (Å²) in [6.07, 6.45) is 26.6. The molecule has 10 nitrogen and oxygen atoms in total. The van der Waals surface area contributed by atoms with E-state index in [1.807, 2.05) is 0 Å². The normalized spacial score (nSPS) is 14.7. The Morgan fingerprint density at radius 3 is 1.47 bits per heavy atom. The van der Waals surface area contributed by atoms with E-state index in [1.54, 1.807) is 0 Å². The third-order valence-corrected chi connectivity index (χ3v) is 10.6. The number of amidine groups is 1. The third kappa shape index (κ3) is 15.6. The van der Waals surface area contributed by atoms with Gasteiger partial charge in [0.15, 0.2) is 9.54 Å². The van der Waals surface area contributed by atoms with Gasteiger partial charge in [-0.15, -0.1) is 12.6 Å². The van der Waals surface area contributed by atoms with E-state index in [0.717, 1.165) is 56.4 Å². The van der Waals surface area contributed by atoms with Gasteiger partial charge < -0.3 is 9.13 Å². The monoisotopic (exact) mass is 735 g/mol. The molecule has 0 saturated carbocycles. The second kappa shape index (κ2) is 25.3. The van der Waals surface area contributed by atoms with Gasteiger partial charge in [0, 0.05) is 13.1 Å². The van der Waals surface area contributed by atoms with Crippen molar-refractivity contribution >= 4 is 42.9 Å². The summed E-state index contributed by atoms with van der Waals surface area (Å²) in [6, 6.07) is 0. The van der Waals surface area contributed by atoms with Crippen LogP contribution in [0.2, 0.25) is 0 Å². The molecule has 13 heteroatoms. The molecule has 3 rings (SSSR count). The minimum Gasteiger partial charge on any atom is -0.303 e. The van der Waals surface area contributed by atoms with Crippen LogP contribution in [-0.4, -0.2) is 63.4 Å². The average Bonchev–Trinajstić information content (AvgIpc) is 3.75. The first-order valence-corrected chi connectivity index (χ1v) is 21.0. The van der Waals surface area contributed by atoms with Crippen molar-refractivity contribution in [3.63, 3.8) is 0 Å². The van der Waals surface area contributed by atoms with Gasteiger partial charge in [-0.05, 0) is 55.2 Å². The first-order valence-electron chi connectivity index (χ1n) is 19.7. The van der Waals surface area contributed by atoms with E-state index in [1.165, 1.54) is 116 Å². The van der Waals surface area contributed by atoms with Crippen molar-refractivity contribution in [3.8, 4) is 0 Å². The zero-order valence-electron chi connectivity index (χ0n) is 31.0. The molecule has 2 N–H and O–H groups in total. The van der Waals surface area contributed by atoms with Crippen molar-refractivity contribution in [3.05, 3.63) is 21.2 Å². The smallest absolute Gasteiger partial charge is 0.303 e. The summed E-state index contributed by atoms with van der Waals surface area (Å²) in [5, 5.41) is 24.7. The number of nitrogens with one attached hydrogen (secondary N) is 2. The molecule has 278 valence electrons. The van der Waals surface area contributed by atoms with Gasteiger partial charge in [-0.2, -0.15) is 10.2 Å². The number of aromatic amines is 2. The topological polar surface area (TPSA) is 98.2 Å². The summed E-state index contributed by atoms with van der Waals surface area (Å²) in [6.45, 7) is 11.3. The molecule has 0 aromatic carbocycles. The molecular formula is C36H67N10S3+. The Labute approximate surface area is 312 Å². The average molecular weight is 736 g/mol. The maximum absolute atomic E-state index is 5.71. The number of hydrogen-bond acceptors (Lipinski definition) is 8. The van der Waals surface area contributed by atoms with Crippen molar-refractivity contribution in [2.75, 3.05) is 13.1 Å². The lowest BCUT2D eigenvalue weighted by Crippen LogP contribution is -2.35. The Kier molecular flexibility index (Phi) is 21.5. The molecule has 0 spiro atoms. The highest BCUT2D eigenvalue weighted by Crippen LogP contribution is 2.17. The number of rotatable bonds is 30. The molecule has 1 atom stereocenters.